The van der Waals surface area contributed by atoms with Gasteiger partial charge in [0, 0.05) is 0 Å². The molecule has 4 nitrogen and oxygen atoms in total. The second-order valence-electron chi connectivity index (χ2n) is 1.74. The molecule has 0 saturated carbocycles. The van der Waals surface area contributed by atoms with Crippen molar-refractivity contribution in [2.75, 3.05) is 14.1 Å². The number of nitrogens with two attached hydrogens (primary N) is 1. The largest absolute Gasteiger partial charge is 2.00 e. The van der Waals surface area contributed by atoms with Crippen LogP contribution in [0.5, 0.6) is 0 Å². The van der Waals surface area contributed by atoms with Gasteiger partial charge in [-0.2, -0.15) is 0 Å². The van der Waals surface area contributed by atoms with Gasteiger partial charge < -0.3 is 46.8 Å². The summed E-state index contributed by atoms with van der Waals surface area (Å²) in [5.41, 5.74) is 5.11. The van der Waals surface area contributed by atoms with Crippen LogP contribution >= 0.6 is 0 Å². The van der Waals surface area contributed by atoms with Crippen molar-refractivity contribution in [3.05, 3.63) is 0 Å². The van der Waals surface area contributed by atoms with Gasteiger partial charge in [-0.3, -0.25) is 0 Å². The molecule has 7 heteroatoms. The van der Waals surface area contributed by atoms with Crippen molar-refractivity contribution in [2.45, 2.75) is 19.9 Å². The molecule has 0 aromatic heterocycles. The molecule has 0 saturated heterocycles. The second-order valence-corrected chi connectivity index (χ2v) is 1.74. The summed E-state index contributed by atoms with van der Waals surface area (Å²) in [6, 6.07) is 0.333. The van der Waals surface area contributed by atoms with Gasteiger partial charge in [0.15, 0.2) is 0 Å². The van der Waals surface area contributed by atoms with E-state index in [1.54, 1.807) is 0 Å². The Morgan fingerprint density at radius 3 is 1.00 bits per heavy atom. The van der Waals surface area contributed by atoms with Gasteiger partial charge >= 0.3 is 21.1 Å². The average Bonchev–Trinajstić information content (AvgIpc) is 1.33. The topological polar surface area (TPSA) is 101 Å². The van der Waals surface area contributed by atoms with E-state index in [1.165, 1.54) is 0 Å². The van der Waals surface area contributed by atoms with Crippen LogP contribution in [-0.4, -0.2) is 31.1 Å². The van der Waals surface area contributed by atoms with E-state index in [2.05, 4.69) is 5.32 Å². The average molecular weight is 406 g/mol. The maximum atomic E-state index is 5.11. The van der Waals surface area contributed by atoms with E-state index in [1.807, 2.05) is 27.9 Å². The molecule has 12 heavy (non-hydrogen) atoms. The monoisotopic (exact) mass is 405 g/mol. The Hall–Kier alpha value is 1.11. The van der Waals surface area contributed by atoms with Crippen molar-refractivity contribution in [2.24, 2.45) is 5.73 Å². The summed E-state index contributed by atoms with van der Waals surface area (Å²) in [6.45, 7) is 3.89. The van der Waals surface area contributed by atoms with Crippen LogP contribution in [0.3, 0.4) is 0 Å². The quantitative estimate of drug-likeness (QED) is 0.418. The molecule has 7 N–H and O–H groups in total. The number of halogens is 2. The van der Waals surface area contributed by atoms with Crippen molar-refractivity contribution < 1.29 is 56.8 Å². The summed E-state index contributed by atoms with van der Waals surface area (Å²) in [5, 5.41) is 2.75. The van der Waals surface area contributed by atoms with Crippen molar-refractivity contribution in [1.29, 1.82) is 0 Å². The van der Waals surface area contributed by atoms with Gasteiger partial charge in [0.1, 0.15) is 0 Å². The fraction of sp³-hybridized carbons (Fsp3) is 1.00. The first kappa shape index (κ1) is 51.5. The molecular formula is C5H20Cl2N2O2Pt. The standard InChI is InChI=1S/C3H9N.C2H7N.2ClH.2H2O.Pt/c1-3(2)4;1-3-2;;;;;/h3H,4H2,1-2H3;3H,1-2H3;2*1H;2*1H2;/q;;;;;;+2/p-2. The molecule has 0 aliphatic carbocycles. The minimum atomic E-state index is 0. The molecular weight excluding hydrogens is 386 g/mol. The molecule has 0 spiro atoms. The molecule has 0 atom stereocenters. The zero-order valence-electron chi connectivity index (χ0n) is 7.73. The number of rotatable bonds is 0. The van der Waals surface area contributed by atoms with Gasteiger partial charge in [-0.25, -0.2) is 0 Å². The Balaban J connectivity index is -0.00000000597. The smallest absolute Gasteiger partial charge is 1.00 e. The first-order valence-electron chi connectivity index (χ1n) is 2.49. The van der Waals surface area contributed by atoms with Crippen molar-refractivity contribution in [3.8, 4) is 0 Å². The number of hydrogen-bond acceptors (Lipinski definition) is 2. The second kappa shape index (κ2) is 57.3. The molecule has 0 aromatic carbocycles. The molecule has 0 aromatic rings. The number of hydrogen-bond donors (Lipinski definition) is 2. The predicted molar refractivity (Wildman–Crippen MR) is 41.5 cm³/mol. The maximum Gasteiger partial charge on any atom is 2.00 e. The van der Waals surface area contributed by atoms with E-state index in [0.717, 1.165) is 0 Å². The van der Waals surface area contributed by atoms with E-state index in [-0.39, 0.29) is 56.8 Å². The van der Waals surface area contributed by atoms with E-state index in [0.29, 0.717) is 6.04 Å². The summed E-state index contributed by atoms with van der Waals surface area (Å²) in [4.78, 5) is 0. The van der Waals surface area contributed by atoms with E-state index < -0.39 is 0 Å². The molecule has 0 aliphatic heterocycles. The summed E-state index contributed by atoms with van der Waals surface area (Å²) in [5.74, 6) is 0. The normalized spacial score (nSPS) is 4.50. The Kier molecular flexibility index (Phi) is 246. The van der Waals surface area contributed by atoms with E-state index in [4.69, 9.17) is 5.73 Å². The van der Waals surface area contributed by atoms with Gasteiger partial charge in [-0.15, -0.1) is 0 Å². The number of nitrogens with one attached hydrogen (secondary N) is 1. The minimum absolute atomic E-state index is 0. The summed E-state index contributed by atoms with van der Waals surface area (Å²) in [7, 11) is 3.75. The van der Waals surface area contributed by atoms with Crippen molar-refractivity contribution >= 4 is 0 Å². The van der Waals surface area contributed by atoms with Crippen LogP contribution in [0.4, 0.5) is 0 Å². The first-order valence-corrected chi connectivity index (χ1v) is 2.49. The summed E-state index contributed by atoms with van der Waals surface area (Å²) >= 11 is 0. The van der Waals surface area contributed by atoms with Crippen LogP contribution in [0.15, 0.2) is 0 Å². The van der Waals surface area contributed by atoms with Gasteiger partial charge in [-0.05, 0) is 20.1 Å². The van der Waals surface area contributed by atoms with Crippen LogP contribution in [0.1, 0.15) is 13.8 Å². The molecule has 86 valence electrons. The predicted octanol–water partition coefficient (Wildman–Crippen LogP) is -7.45. The molecule has 0 unspecified atom stereocenters. The molecule has 0 bridgehead atoms. The fourth-order valence-corrected chi connectivity index (χ4v) is 0. The molecule has 0 aliphatic rings. The van der Waals surface area contributed by atoms with Gasteiger partial charge in [-0.1, -0.05) is 13.8 Å². The van der Waals surface area contributed by atoms with Gasteiger partial charge in [0.25, 0.3) is 0 Å². The molecule has 0 rings (SSSR count). The van der Waals surface area contributed by atoms with Crippen LogP contribution < -0.4 is 35.9 Å². The van der Waals surface area contributed by atoms with E-state index in [9.17, 15) is 0 Å². The Bertz CT molecular complexity index is 36.7. The first-order chi connectivity index (χ1) is 3.15. The third kappa shape index (κ3) is 924. The maximum absolute atomic E-state index is 5.11. The molecule has 0 fully saturated rings. The van der Waals surface area contributed by atoms with Crippen LogP contribution in [0.2, 0.25) is 0 Å². The third-order valence-corrected chi connectivity index (χ3v) is 0. The van der Waals surface area contributed by atoms with Crippen molar-refractivity contribution in [1.82, 2.24) is 5.32 Å². The zero-order valence-corrected chi connectivity index (χ0v) is 11.5. The van der Waals surface area contributed by atoms with Crippen LogP contribution in [-0.2, 0) is 21.1 Å². The Labute approximate surface area is 102 Å². The van der Waals surface area contributed by atoms with E-state index >= 15 is 0 Å². The molecule has 0 amide bonds. The van der Waals surface area contributed by atoms with Crippen molar-refractivity contribution in [3.63, 3.8) is 0 Å². The summed E-state index contributed by atoms with van der Waals surface area (Å²) < 4.78 is 0. The zero-order chi connectivity index (χ0) is 6.28. The SMILES string of the molecule is CC(C)N.CNC.O.O.[Cl-].[Cl-].[Pt+2]. The summed E-state index contributed by atoms with van der Waals surface area (Å²) in [6.07, 6.45) is 0. The van der Waals surface area contributed by atoms with Gasteiger partial charge in [0.2, 0.25) is 0 Å². The van der Waals surface area contributed by atoms with Crippen LogP contribution in [0, 0.1) is 0 Å². The molecule has 0 heterocycles. The third-order valence-electron chi connectivity index (χ3n) is 0. The molecule has 0 radical (unpaired) electrons. The fourth-order valence-electron chi connectivity index (χ4n) is 0. The van der Waals surface area contributed by atoms with Gasteiger partial charge in [0.05, 0.1) is 0 Å². The Morgan fingerprint density at radius 2 is 1.00 bits per heavy atom. The Morgan fingerprint density at radius 1 is 1.00 bits per heavy atom. The van der Waals surface area contributed by atoms with Crippen LogP contribution in [0.25, 0.3) is 0 Å². The minimum Gasteiger partial charge on any atom is -1.00 e.